The van der Waals surface area contributed by atoms with Gasteiger partial charge in [-0.2, -0.15) is 5.10 Å². The molecule has 0 atom stereocenters. The van der Waals surface area contributed by atoms with E-state index < -0.39 is 34.0 Å². The van der Waals surface area contributed by atoms with E-state index in [2.05, 4.69) is 10.5 Å². The van der Waals surface area contributed by atoms with Crippen LogP contribution in [0.2, 0.25) is 0 Å². The van der Waals surface area contributed by atoms with Gasteiger partial charge in [0, 0.05) is 0 Å². The van der Waals surface area contributed by atoms with E-state index in [1.807, 2.05) is 6.92 Å². The molecule has 0 aromatic heterocycles. The Bertz CT molecular complexity index is 1120. The number of nitrogens with one attached hydrogen (secondary N) is 1. The van der Waals surface area contributed by atoms with Crippen LogP contribution in [0.1, 0.15) is 33.3 Å². The number of nitrogens with zero attached hydrogens (tertiary/aromatic N) is 2. The van der Waals surface area contributed by atoms with Crippen LogP contribution in [0.3, 0.4) is 0 Å². The molecule has 1 amide bonds. The largest absolute Gasteiger partial charge is 0.494 e. The van der Waals surface area contributed by atoms with Crippen LogP contribution >= 0.6 is 0 Å². The van der Waals surface area contributed by atoms with Gasteiger partial charge in [-0.05, 0) is 81.8 Å². The molecule has 2 aromatic rings. The molecule has 0 heterocycles. The van der Waals surface area contributed by atoms with E-state index >= 15 is 0 Å². The maximum atomic E-state index is 12.3. The molecule has 0 bridgehead atoms. The second-order valence-electron chi connectivity index (χ2n) is 8.43. The highest BCUT2D eigenvalue weighted by atomic mass is 32.2. The number of benzene rings is 2. The average Bonchev–Trinajstić information content (AvgIpc) is 2.76. The van der Waals surface area contributed by atoms with Crippen molar-refractivity contribution < 1.29 is 32.2 Å². The summed E-state index contributed by atoms with van der Waals surface area (Å²) in [6.07, 6.45) is 2.42. The Hall–Kier alpha value is -3.60. The Kier molecular flexibility index (Phi) is 9.64. The Labute approximate surface area is 205 Å². The molecule has 0 unspecified atom stereocenters. The molecule has 2 rings (SSSR count). The third kappa shape index (κ3) is 10.0. The lowest BCUT2D eigenvalue weighted by molar-refractivity contribution is -0.157. The van der Waals surface area contributed by atoms with Crippen molar-refractivity contribution in [3.8, 4) is 11.5 Å². The minimum absolute atomic E-state index is 0.216. The highest BCUT2D eigenvalue weighted by Gasteiger charge is 2.21. The second kappa shape index (κ2) is 12.2. The number of carbonyl (C=O) groups is 2. The second-order valence-corrected chi connectivity index (χ2v) is 10.3. The third-order valence-corrected chi connectivity index (χ3v) is 5.32. The number of hydrogen-bond donors (Lipinski definition) is 1. The van der Waals surface area contributed by atoms with Gasteiger partial charge in [0.25, 0.3) is 5.91 Å². The topological polar surface area (TPSA) is 124 Å². The van der Waals surface area contributed by atoms with E-state index in [4.69, 9.17) is 14.2 Å². The van der Waals surface area contributed by atoms with Crippen molar-refractivity contribution in [1.29, 1.82) is 0 Å². The summed E-state index contributed by atoms with van der Waals surface area (Å²) >= 11 is 0. The van der Waals surface area contributed by atoms with Crippen LogP contribution < -0.4 is 19.2 Å². The normalized spacial score (nSPS) is 11.7. The number of hydrazone groups is 1. The van der Waals surface area contributed by atoms with Crippen molar-refractivity contribution in [3.05, 3.63) is 54.1 Å². The first-order chi connectivity index (χ1) is 16.4. The first-order valence-corrected chi connectivity index (χ1v) is 12.7. The van der Waals surface area contributed by atoms with Gasteiger partial charge in [-0.25, -0.2) is 18.6 Å². The summed E-state index contributed by atoms with van der Waals surface area (Å²) in [5.41, 5.74) is 2.72. The predicted octanol–water partition coefficient (Wildman–Crippen LogP) is 2.72. The molecule has 0 radical (unpaired) electrons. The summed E-state index contributed by atoms with van der Waals surface area (Å²) in [6, 6.07) is 13.0. The number of rotatable bonds is 11. The van der Waals surface area contributed by atoms with E-state index in [-0.39, 0.29) is 6.61 Å². The van der Waals surface area contributed by atoms with Crippen LogP contribution in [0.25, 0.3) is 0 Å². The molecule has 11 heteroatoms. The van der Waals surface area contributed by atoms with Crippen LogP contribution in [0.4, 0.5) is 5.69 Å². The van der Waals surface area contributed by atoms with Crippen molar-refractivity contribution >= 4 is 33.8 Å². The molecule has 0 spiro atoms. The highest BCUT2D eigenvalue weighted by Crippen LogP contribution is 2.21. The van der Waals surface area contributed by atoms with Crippen molar-refractivity contribution in [2.45, 2.75) is 33.3 Å². The van der Waals surface area contributed by atoms with Gasteiger partial charge in [0.15, 0.2) is 6.61 Å². The van der Waals surface area contributed by atoms with Gasteiger partial charge in [-0.15, -0.1) is 0 Å². The Morgan fingerprint density at radius 1 is 1.00 bits per heavy atom. The zero-order valence-electron chi connectivity index (χ0n) is 20.5. The summed E-state index contributed by atoms with van der Waals surface area (Å²) in [7, 11) is -3.71. The number of sulfonamides is 1. The number of anilines is 1. The summed E-state index contributed by atoms with van der Waals surface area (Å²) in [4.78, 5) is 24.0. The molecule has 0 aliphatic heterocycles. The molecule has 0 saturated carbocycles. The molecule has 10 nitrogen and oxygen atoms in total. The Morgan fingerprint density at radius 2 is 1.57 bits per heavy atom. The fourth-order valence-electron chi connectivity index (χ4n) is 2.78. The average molecular weight is 506 g/mol. The van der Waals surface area contributed by atoms with Crippen LogP contribution in [0.15, 0.2) is 53.6 Å². The van der Waals surface area contributed by atoms with Gasteiger partial charge in [-0.1, -0.05) is 0 Å². The standard InChI is InChI=1S/C24H31N3O7S/c1-6-32-20-13-9-19(10-14-20)27(35(5,30)31)16-22(28)26-25-15-18-7-11-21(12-8-18)33-17-23(29)34-24(2,3)4/h7-15H,6,16-17H2,1-5H3,(H,26,28)/b25-15+. The van der Waals surface area contributed by atoms with E-state index in [1.165, 1.54) is 6.21 Å². The van der Waals surface area contributed by atoms with Gasteiger partial charge in [0.1, 0.15) is 23.6 Å². The highest BCUT2D eigenvalue weighted by molar-refractivity contribution is 7.92. The van der Waals surface area contributed by atoms with Gasteiger partial charge in [0.05, 0.1) is 24.8 Å². The van der Waals surface area contributed by atoms with E-state index in [9.17, 15) is 18.0 Å². The maximum Gasteiger partial charge on any atom is 0.344 e. The van der Waals surface area contributed by atoms with Gasteiger partial charge in [-0.3, -0.25) is 9.10 Å². The maximum absolute atomic E-state index is 12.3. The van der Waals surface area contributed by atoms with Gasteiger partial charge in [0.2, 0.25) is 10.0 Å². The zero-order valence-corrected chi connectivity index (χ0v) is 21.3. The lowest BCUT2D eigenvalue weighted by Gasteiger charge is -2.21. The molecule has 2 aromatic carbocycles. The SMILES string of the molecule is CCOc1ccc(N(CC(=O)N/N=C/c2ccc(OCC(=O)OC(C)(C)C)cc2)S(C)(=O)=O)cc1. The third-order valence-electron chi connectivity index (χ3n) is 4.18. The van der Waals surface area contributed by atoms with Crippen LogP contribution in [-0.2, 0) is 24.3 Å². The van der Waals surface area contributed by atoms with Crippen molar-refractivity contribution in [3.63, 3.8) is 0 Å². The van der Waals surface area contributed by atoms with Crippen LogP contribution in [-0.4, -0.2) is 58.1 Å². The zero-order chi connectivity index (χ0) is 26.1. The monoisotopic (exact) mass is 505 g/mol. The fourth-order valence-corrected chi connectivity index (χ4v) is 3.64. The lowest BCUT2D eigenvalue weighted by atomic mass is 10.2. The van der Waals surface area contributed by atoms with Crippen molar-refractivity contribution in [2.24, 2.45) is 5.10 Å². The van der Waals surface area contributed by atoms with Crippen LogP contribution in [0, 0.1) is 0 Å². The summed E-state index contributed by atoms with van der Waals surface area (Å²) in [5, 5.41) is 3.87. The molecule has 0 fully saturated rings. The smallest absolute Gasteiger partial charge is 0.344 e. The van der Waals surface area contributed by atoms with E-state index in [0.29, 0.717) is 29.4 Å². The number of hydrogen-bond acceptors (Lipinski definition) is 8. The van der Waals surface area contributed by atoms with Crippen molar-refractivity contribution in [2.75, 3.05) is 30.3 Å². The quantitative estimate of drug-likeness (QED) is 0.283. The van der Waals surface area contributed by atoms with Crippen LogP contribution in [0.5, 0.6) is 11.5 Å². The van der Waals surface area contributed by atoms with E-state index in [1.54, 1.807) is 69.3 Å². The van der Waals surface area contributed by atoms with Gasteiger partial charge >= 0.3 is 5.97 Å². The minimum atomic E-state index is -3.71. The van der Waals surface area contributed by atoms with Crippen molar-refractivity contribution in [1.82, 2.24) is 5.43 Å². The molecule has 0 saturated heterocycles. The summed E-state index contributed by atoms with van der Waals surface area (Å²) < 4.78 is 41.3. The molecular formula is C24H31N3O7S. The first-order valence-electron chi connectivity index (χ1n) is 10.8. The van der Waals surface area contributed by atoms with Gasteiger partial charge < -0.3 is 14.2 Å². The molecule has 190 valence electrons. The summed E-state index contributed by atoms with van der Waals surface area (Å²) in [6.45, 7) is 6.99. The summed E-state index contributed by atoms with van der Waals surface area (Å²) in [5.74, 6) is -0.0201. The molecule has 0 aliphatic carbocycles. The minimum Gasteiger partial charge on any atom is -0.494 e. The fraction of sp³-hybridized carbons (Fsp3) is 0.375. The molecule has 0 aliphatic rings. The number of ether oxygens (including phenoxy) is 3. The predicted molar refractivity (Wildman–Crippen MR) is 133 cm³/mol. The van der Waals surface area contributed by atoms with E-state index in [0.717, 1.165) is 10.6 Å². The molecule has 1 N–H and O–H groups in total. The number of esters is 1. The molecular weight excluding hydrogens is 474 g/mol. The Morgan fingerprint density at radius 3 is 2.11 bits per heavy atom. The lowest BCUT2D eigenvalue weighted by Crippen LogP contribution is -2.39. The number of amides is 1. The Balaban J connectivity index is 1.91. The molecule has 35 heavy (non-hydrogen) atoms. The first kappa shape index (κ1) is 27.6. The number of carbonyl (C=O) groups excluding carboxylic acids is 2.